The van der Waals surface area contributed by atoms with Crippen LogP contribution in [0.15, 0.2) is 18.2 Å². The predicted octanol–water partition coefficient (Wildman–Crippen LogP) is 3.54. The molecule has 0 aliphatic rings. The smallest absolute Gasteiger partial charge is 0.130 e. The lowest BCUT2D eigenvalue weighted by atomic mass is 9.99. The van der Waals surface area contributed by atoms with Gasteiger partial charge in [0.2, 0.25) is 0 Å². The van der Waals surface area contributed by atoms with E-state index in [0.717, 1.165) is 11.3 Å². The van der Waals surface area contributed by atoms with E-state index < -0.39 is 0 Å². The fourth-order valence-electron chi connectivity index (χ4n) is 2.19. The summed E-state index contributed by atoms with van der Waals surface area (Å²) in [5, 5.41) is 5.00. The molecule has 0 amide bonds. The molecule has 1 unspecified atom stereocenters. The molecule has 19 heavy (non-hydrogen) atoms. The molecule has 1 heterocycles. The SMILES string of the molecule is Cc1cccc(C(N)Cc2c(C)nn(C)c2Cl)c1I. The molecule has 1 atom stereocenters. The summed E-state index contributed by atoms with van der Waals surface area (Å²) in [5.41, 5.74) is 10.7. The van der Waals surface area contributed by atoms with Crippen LogP contribution in [0.2, 0.25) is 5.15 Å². The highest BCUT2D eigenvalue weighted by Crippen LogP contribution is 2.27. The van der Waals surface area contributed by atoms with Crippen molar-refractivity contribution in [2.75, 3.05) is 0 Å². The number of aryl methyl sites for hydroxylation is 3. The van der Waals surface area contributed by atoms with E-state index >= 15 is 0 Å². The third-order valence-electron chi connectivity index (χ3n) is 3.32. The van der Waals surface area contributed by atoms with Crippen LogP contribution in [0.4, 0.5) is 0 Å². The Bertz CT molecular complexity index is 607. The molecule has 2 aromatic rings. The molecule has 0 aliphatic heterocycles. The molecule has 0 fully saturated rings. The van der Waals surface area contributed by atoms with Gasteiger partial charge in [0.05, 0.1) is 5.69 Å². The third kappa shape index (κ3) is 2.95. The average Bonchev–Trinajstić information content (AvgIpc) is 2.59. The number of nitrogens with two attached hydrogens (primary N) is 1. The van der Waals surface area contributed by atoms with Crippen LogP contribution < -0.4 is 5.73 Å². The van der Waals surface area contributed by atoms with Crippen LogP contribution in [0.3, 0.4) is 0 Å². The maximum absolute atomic E-state index is 6.34. The molecule has 1 aromatic heterocycles. The van der Waals surface area contributed by atoms with Gasteiger partial charge in [-0.2, -0.15) is 5.10 Å². The van der Waals surface area contributed by atoms with Gasteiger partial charge in [-0.3, -0.25) is 4.68 Å². The van der Waals surface area contributed by atoms with Crippen LogP contribution in [-0.2, 0) is 13.5 Å². The first kappa shape index (κ1) is 14.8. The van der Waals surface area contributed by atoms with Crippen molar-refractivity contribution in [1.82, 2.24) is 9.78 Å². The van der Waals surface area contributed by atoms with E-state index in [1.165, 1.54) is 14.7 Å². The summed E-state index contributed by atoms with van der Waals surface area (Å²) in [4.78, 5) is 0. The molecule has 0 saturated carbocycles. The van der Waals surface area contributed by atoms with Gasteiger partial charge in [0, 0.05) is 22.2 Å². The van der Waals surface area contributed by atoms with Crippen LogP contribution in [0, 0.1) is 17.4 Å². The molecular weight excluding hydrogens is 373 g/mol. The predicted molar refractivity (Wildman–Crippen MR) is 87.5 cm³/mol. The summed E-state index contributed by atoms with van der Waals surface area (Å²) >= 11 is 8.61. The van der Waals surface area contributed by atoms with Crippen LogP contribution in [-0.4, -0.2) is 9.78 Å². The third-order valence-corrected chi connectivity index (χ3v) is 5.26. The molecule has 0 aliphatic carbocycles. The van der Waals surface area contributed by atoms with Gasteiger partial charge in [0.15, 0.2) is 0 Å². The van der Waals surface area contributed by atoms with Gasteiger partial charge in [0.25, 0.3) is 0 Å². The van der Waals surface area contributed by atoms with Crippen molar-refractivity contribution < 1.29 is 0 Å². The van der Waals surface area contributed by atoms with E-state index in [9.17, 15) is 0 Å². The van der Waals surface area contributed by atoms with Gasteiger partial charge in [-0.1, -0.05) is 29.8 Å². The molecule has 2 N–H and O–H groups in total. The Morgan fingerprint density at radius 1 is 1.42 bits per heavy atom. The lowest BCUT2D eigenvalue weighted by Crippen LogP contribution is -2.15. The maximum atomic E-state index is 6.34. The van der Waals surface area contributed by atoms with Gasteiger partial charge in [-0.25, -0.2) is 0 Å². The number of nitrogens with zero attached hydrogens (tertiary/aromatic N) is 2. The van der Waals surface area contributed by atoms with Crippen LogP contribution in [0.1, 0.15) is 28.4 Å². The largest absolute Gasteiger partial charge is 0.324 e. The molecule has 1 aromatic carbocycles. The number of rotatable bonds is 3. The van der Waals surface area contributed by atoms with E-state index in [0.29, 0.717) is 11.6 Å². The summed E-state index contributed by atoms with van der Waals surface area (Å²) in [6.07, 6.45) is 0.706. The Morgan fingerprint density at radius 2 is 2.11 bits per heavy atom. The molecule has 0 bridgehead atoms. The van der Waals surface area contributed by atoms with Crippen molar-refractivity contribution in [3.05, 3.63) is 49.3 Å². The fraction of sp³-hybridized carbons (Fsp3) is 0.357. The Kier molecular flexibility index (Phi) is 4.53. The standard InChI is InChI=1S/C14H17ClIN3/c1-8-5-4-6-10(13(8)16)12(17)7-11-9(2)18-19(3)14(11)15/h4-6,12H,7,17H2,1-3H3. The van der Waals surface area contributed by atoms with E-state index in [2.05, 4.69) is 46.7 Å². The number of hydrogen-bond acceptors (Lipinski definition) is 2. The van der Waals surface area contributed by atoms with E-state index in [-0.39, 0.29) is 6.04 Å². The topological polar surface area (TPSA) is 43.8 Å². The number of hydrogen-bond donors (Lipinski definition) is 1. The zero-order valence-electron chi connectivity index (χ0n) is 11.2. The second-order valence-electron chi connectivity index (χ2n) is 4.77. The monoisotopic (exact) mass is 389 g/mol. The van der Waals surface area contributed by atoms with Gasteiger partial charge in [0.1, 0.15) is 5.15 Å². The molecule has 0 spiro atoms. The highest BCUT2D eigenvalue weighted by Gasteiger charge is 2.17. The minimum absolute atomic E-state index is 0.0628. The van der Waals surface area contributed by atoms with Crippen molar-refractivity contribution in [2.24, 2.45) is 12.8 Å². The van der Waals surface area contributed by atoms with Crippen LogP contribution in [0.25, 0.3) is 0 Å². The van der Waals surface area contributed by atoms with E-state index in [1.807, 2.05) is 20.0 Å². The van der Waals surface area contributed by atoms with Crippen LogP contribution in [0.5, 0.6) is 0 Å². The molecule has 0 saturated heterocycles. The highest BCUT2D eigenvalue weighted by molar-refractivity contribution is 14.1. The first-order chi connectivity index (χ1) is 8.91. The summed E-state index contributed by atoms with van der Waals surface area (Å²) < 4.78 is 2.92. The van der Waals surface area contributed by atoms with Gasteiger partial charge >= 0.3 is 0 Å². The molecule has 0 radical (unpaired) electrons. The summed E-state index contributed by atoms with van der Waals surface area (Å²) in [6, 6.07) is 6.16. The Balaban J connectivity index is 2.31. The van der Waals surface area contributed by atoms with E-state index in [4.69, 9.17) is 17.3 Å². The summed E-state index contributed by atoms with van der Waals surface area (Å²) in [5.74, 6) is 0. The zero-order valence-corrected chi connectivity index (χ0v) is 14.2. The van der Waals surface area contributed by atoms with Crippen molar-refractivity contribution in [2.45, 2.75) is 26.3 Å². The van der Waals surface area contributed by atoms with Gasteiger partial charge in [-0.15, -0.1) is 0 Å². The highest BCUT2D eigenvalue weighted by atomic mass is 127. The minimum Gasteiger partial charge on any atom is -0.324 e. The van der Waals surface area contributed by atoms with Gasteiger partial charge in [-0.05, 0) is 54.0 Å². The fourth-order valence-corrected chi connectivity index (χ4v) is 3.20. The minimum atomic E-state index is -0.0628. The number of benzene rings is 1. The molecule has 3 nitrogen and oxygen atoms in total. The molecule has 102 valence electrons. The second kappa shape index (κ2) is 5.81. The normalized spacial score (nSPS) is 12.7. The van der Waals surface area contributed by atoms with Crippen LogP contribution >= 0.6 is 34.2 Å². The average molecular weight is 390 g/mol. The quantitative estimate of drug-likeness (QED) is 0.816. The van der Waals surface area contributed by atoms with Crippen molar-refractivity contribution >= 4 is 34.2 Å². The first-order valence-corrected chi connectivity index (χ1v) is 7.56. The number of halogens is 2. The summed E-state index contributed by atoms with van der Waals surface area (Å²) in [6.45, 7) is 4.06. The second-order valence-corrected chi connectivity index (χ2v) is 6.20. The maximum Gasteiger partial charge on any atom is 0.130 e. The molecule has 2 rings (SSSR count). The molecule has 5 heteroatoms. The Hall–Kier alpha value is -0.590. The van der Waals surface area contributed by atoms with Crippen molar-refractivity contribution in [1.29, 1.82) is 0 Å². The molecular formula is C14H17ClIN3. The van der Waals surface area contributed by atoms with Crippen molar-refractivity contribution in [3.8, 4) is 0 Å². The lowest BCUT2D eigenvalue weighted by Gasteiger charge is -2.15. The number of aromatic nitrogens is 2. The first-order valence-electron chi connectivity index (χ1n) is 6.10. The zero-order chi connectivity index (χ0) is 14.2. The van der Waals surface area contributed by atoms with Crippen molar-refractivity contribution in [3.63, 3.8) is 0 Å². The van der Waals surface area contributed by atoms with Gasteiger partial charge < -0.3 is 5.73 Å². The summed E-state index contributed by atoms with van der Waals surface area (Å²) in [7, 11) is 1.85. The van der Waals surface area contributed by atoms with E-state index in [1.54, 1.807) is 4.68 Å². The Morgan fingerprint density at radius 3 is 2.68 bits per heavy atom. The Labute approximate surface area is 132 Å². The lowest BCUT2D eigenvalue weighted by molar-refractivity contribution is 0.713.